The Hall–Kier alpha value is -2.99. The van der Waals surface area contributed by atoms with E-state index in [1.165, 1.54) is 6.92 Å². The zero-order chi connectivity index (χ0) is 67.8. The first-order valence-electron chi connectivity index (χ1n) is 32.5. The van der Waals surface area contributed by atoms with Crippen LogP contribution in [0.25, 0.3) is 0 Å². The number of carbonyl (C=O) groups excluding carboxylic acids is 2. The summed E-state index contributed by atoms with van der Waals surface area (Å²) < 4.78 is 69.2. The minimum atomic E-state index is -2.30. The molecule has 5 aliphatic carbocycles. The predicted octanol–water partition coefficient (Wildman–Crippen LogP) is -0.937. The zero-order valence-electron chi connectivity index (χ0n) is 54.4. The smallest absolute Gasteiger partial charge is 0.335 e. The van der Waals surface area contributed by atoms with Gasteiger partial charge in [0.15, 0.2) is 43.7 Å². The number of aliphatic carboxylic acids is 1. The molecule has 5 aliphatic heterocycles. The molecule has 10 fully saturated rings. The van der Waals surface area contributed by atoms with Crippen molar-refractivity contribution >= 4 is 17.9 Å². The van der Waals surface area contributed by atoms with Gasteiger partial charge >= 0.3 is 17.9 Å². The zero-order valence-corrected chi connectivity index (χ0v) is 54.4. The molecule has 1 spiro atoms. The molecule has 2 unspecified atom stereocenters. The molecule has 5 saturated carbocycles. The van der Waals surface area contributed by atoms with E-state index in [9.17, 15) is 85.9 Å². The number of aliphatic hydroxyl groups is 13. The molecule has 0 aromatic carbocycles. The van der Waals surface area contributed by atoms with Crippen molar-refractivity contribution in [2.24, 2.45) is 50.2 Å². The molecular formula is C64H100O28. The number of carbonyl (C=O) groups is 3. The summed E-state index contributed by atoms with van der Waals surface area (Å²) in [7, 11) is 0. The van der Waals surface area contributed by atoms with Gasteiger partial charge < -0.3 is 124 Å². The van der Waals surface area contributed by atoms with Crippen LogP contribution in [-0.4, -0.2) is 262 Å². The molecule has 0 aromatic heterocycles. The van der Waals surface area contributed by atoms with E-state index in [0.29, 0.717) is 44.1 Å². The standard InChI is InChI=1S/C64H100O28/c1-13-25(3)51(79)90-48-49(91-52(80)26(4)14-2)64-32(21-58(48,6)7)63(92-57(64)81)20-16-31-60(10)18-17-34(59(8,9)30(60)15-19-61(31,11)62(63,12)22-33(64)67)85-56-47(89-54-42(75)39(72)36(69)28(23-65)83-54)44(43(76)45(87-56)50(77)78)86-55-46(40(73)37(70)29(24-66)84-55)88-53-41(74)38(71)35(68)27(5)82-53/h13-14,27-49,53-57,65-76,81H,15-24H2,1-12H3,(H,77,78)/b25-13-,26-14-/t27-,28+,29+,30-,31+,32-,33+,34-,35?,36-,37-,38+,39-,40-,41-,42+,43-,44-,45-,46+,47+,48-,49-,53?,54-,55-,56+,57-,60-,61+,62-,63-,64+/m0/s1. The van der Waals surface area contributed by atoms with Crippen LogP contribution < -0.4 is 0 Å². The molecule has 0 amide bonds. The Morgan fingerprint density at radius 2 is 1.05 bits per heavy atom. The van der Waals surface area contributed by atoms with E-state index in [-0.39, 0.29) is 30.3 Å². The van der Waals surface area contributed by atoms with E-state index in [0.717, 1.165) is 0 Å². The van der Waals surface area contributed by atoms with Crippen molar-refractivity contribution in [3.8, 4) is 0 Å². The Morgan fingerprint density at radius 3 is 1.64 bits per heavy atom. The Balaban J connectivity index is 0.976. The topological polar surface area (TPSA) is 436 Å². The number of aliphatic hydroxyl groups excluding tert-OH is 13. The number of hydrogen-bond donors (Lipinski definition) is 14. The lowest BCUT2D eigenvalue weighted by molar-refractivity contribution is -0.406. The third-order valence-electron chi connectivity index (χ3n) is 24.7. The number of fused-ring (bicyclic) bond motifs is 4. The first-order valence-corrected chi connectivity index (χ1v) is 32.5. The van der Waals surface area contributed by atoms with Crippen LogP contribution in [0.15, 0.2) is 23.3 Å². The molecule has 28 nitrogen and oxygen atoms in total. The molecule has 33 atom stereocenters. The van der Waals surface area contributed by atoms with Crippen LogP contribution in [0.5, 0.6) is 0 Å². The number of esters is 2. The number of allylic oxidation sites excluding steroid dienone is 2. The Morgan fingerprint density at radius 1 is 0.533 bits per heavy atom. The predicted molar refractivity (Wildman–Crippen MR) is 312 cm³/mol. The Labute approximate surface area is 534 Å². The van der Waals surface area contributed by atoms with Crippen molar-refractivity contribution < 1.29 is 138 Å². The number of ether oxygens (including phenoxy) is 11. The van der Waals surface area contributed by atoms with Gasteiger partial charge in [-0.15, -0.1) is 0 Å². The van der Waals surface area contributed by atoms with E-state index in [1.807, 2.05) is 27.7 Å². The highest BCUT2D eigenvalue weighted by atomic mass is 16.8. The molecule has 0 aromatic rings. The Kier molecular flexibility index (Phi) is 20.1. The van der Waals surface area contributed by atoms with Gasteiger partial charge in [0.2, 0.25) is 0 Å². The number of carboxylic acids is 1. The van der Waals surface area contributed by atoms with Gasteiger partial charge in [-0.3, -0.25) is 0 Å². The maximum Gasteiger partial charge on any atom is 0.335 e. The average Bonchev–Trinajstić information content (AvgIpc) is 1.37. The van der Waals surface area contributed by atoms with Crippen LogP contribution in [0.2, 0.25) is 0 Å². The second-order valence-electron chi connectivity index (χ2n) is 30.0. The minimum absolute atomic E-state index is 0.0674. The molecule has 10 aliphatic rings. The maximum atomic E-state index is 14.0. The van der Waals surface area contributed by atoms with E-state index in [1.54, 1.807) is 39.8 Å². The quantitative estimate of drug-likeness (QED) is 0.0535. The maximum absolute atomic E-state index is 14.0. The van der Waals surface area contributed by atoms with Gasteiger partial charge in [-0.05, 0) is 114 Å². The third kappa shape index (κ3) is 11.0. The minimum Gasteiger partial charge on any atom is -0.479 e. The van der Waals surface area contributed by atoms with Gasteiger partial charge in [-0.2, -0.15) is 0 Å². The fraction of sp³-hybridized carbons (Fsp3) is 0.891. The summed E-state index contributed by atoms with van der Waals surface area (Å²) in [6.07, 6.45) is -37.9. The first-order chi connectivity index (χ1) is 42.9. The Bertz CT molecular complexity index is 2760. The van der Waals surface area contributed by atoms with Crippen molar-refractivity contribution in [2.75, 3.05) is 13.2 Å². The molecule has 28 heteroatoms. The SMILES string of the molecule is C/C=C(/C)C(=O)O[C@H]1[C@H](OC(=O)/C(C)=C\C)[C@@]23[C@H](O)C[C@]4(C)[C@@](CC[C@@H]5[C@@]6(C)CC[C@H](O[C@@H]7O[C@H](C(=O)O)[C@@H](O)[C@H](O[C@@H]8O[C@H](CO)[C@H](O)[C@H](O)[C@H]8OC8O[C@@H](C)C(O)[C@@H](O)[C@@H]8O)[C@H]7O[C@@H]7O[C@H](CO)[C@H](O)[C@H](O)[C@H]7O)C(C)(C)[C@@H]6CC[C@]54C)(O[C@@H]2O)[C@@H]3CC1(C)C. The number of hydrogen-bond acceptors (Lipinski definition) is 27. The van der Waals surface area contributed by atoms with Crippen LogP contribution in [0.3, 0.4) is 0 Å². The van der Waals surface area contributed by atoms with Crippen molar-refractivity contribution in [1.82, 2.24) is 0 Å². The van der Waals surface area contributed by atoms with E-state index in [2.05, 4.69) is 20.8 Å². The highest BCUT2D eigenvalue weighted by molar-refractivity contribution is 5.89. The van der Waals surface area contributed by atoms with Crippen LogP contribution in [0.4, 0.5) is 0 Å². The molecule has 92 heavy (non-hydrogen) atoms. The van der Waals surface area contributed by atoms with Crippen LogP contribution in [0.1, 0.15) is 134 Å². The average molecular weight is 1320 g/mol. The van der Waals surface area contributed by atoms with Gasteiger partial charge in [0.25, 0.3) is 0 Å². The second kappa shape index (κ2) is 25.7. The lowest BCUT2D eigenvalue weighted by atomic mass is 9.30. The molecule has 5 heterocycles. The van der Waals surface area contributed by atoms with Gasteiger partial charge in [0.05, 0.1) is 42.5 Å². The molecule has 2 bridgehead atoms. The fourth-order valence-electron chi connectivity index (χ4n) is 19.2. The van der Waals surface area contributed by atoms with Gasteiger partial charge in [-0.1, -0.05) is 60.6 Å². The monoisotopic (exact) mass is 1320 g/mol. The summed E-state index contributed by atoms with van der Waals surface area (Å²) >= 11 is 0. The van der Waals surface area contributed by atoms with Crippen molar-refractivity contribution in [1.29, 1.82) is 0 Å². The largest absolute Gasteiger partial charge is 0.479 e. The summed E-state index contributed by atoms with van der Waals surface area (Å²) in [6, 6.07) is 0. The highest BCUT2D eigenvalue weighted by Crippen LogP contribution is 2.82. The molecule has 524 valence electrons. The van der Waals surface area contributed by atoms with Gasteiger partial charge in [0.1, 0.15) is 91.6 Å². The molecule has 0 radical (unpaired) electrons. The number of rotatable bonds is 15. The molecule has 10 rings (SSSR count). The van der Waals surface area contributed by atoms with Crippen LogP contribution >= 0.6 is 0 Å². The van der Waals surface area contributed by atoms with Crippen molar-refractivity contribution in [3.05, 3.63) is 23.3 Å². The van der Waals surface area contributed by atoms with Gasteiger partial charge in [0, 0.05) is 27.9 Å². The van der Waals surface area contributed by atoms with E-state index in [4.69, 9.17) is 52.1 Å². The first kappa shape index (κ1) is 71.8. The summed E-state index contributed by atoms with van der Waals surface area (Å²) in [5.74, 6) is -3.89. The molecule has 14 N–H and O–H groups in total. The highest BCUT2D eigenvalue weighted by Gasteiger charge is 2.86. The van der Waals surface area contributed by atoms with Crippen molar-refractivity contribution in [2.45, 2.75) is 294 Å². The summed E-state index contributed by atoms with van der Waals surface area (Å²) in [5.41, 5.74) is -5.77. The van der Waals surface area contributed by atoms with Crippen molar-refractivity contribution in [3.63, 3.8) is 0 Å². The molecule has 5 saturated heterocycles. The van der Waals surface area contributed by atoms with Crippen LogP contribution in [-0.2, 0) is 66.5 Å². The lowest BCUT2D eigenvalue weighted by Gasteiger charge is -2.75. The third-order valence-corrected chi connectivity index (χ3v) is 24.7. The van der Waals surface area contributed by atoms with Gasteiger partial charge in [-0.25, -0.2) is 14.4 Å². The van der Waals surface area contributed by atoms with E-state index >= 15 is 0 Å². The van der Waals surface area contributed by atoms with E-state index < -0.39 is 229 Å². The molecular weight excluding hydrogens is 1220 g/mol. The second-order valence-corrected chi connectivity index (χ2v) is 30.0. The fourth-order valence-corrected chi connectivity index (χ4v) is 19.2. The normalized spacial score (nSPS) is 52.4. The summed E-state index contributed by atoms with van der Waals surface area (Å²) in [6.45, 7) is 20.7. The number of carboxylic acid groups (broad SMARTS) is 1. The lowest BCUT2D eigenvalue weighted by Crippen LogP contribution is -2.77. The summed E-state index contributed by atoms with van der Waals surface area (Å²) in [5, 5.41) is 158. The summed E-state index contributed by atoms with van der Waals surface area (Å²) in [4.78, 5) is 41.0. The van der Waals surface area contributed by atoms with Crippen LogP contribution in [0, 0.1) is 50.2 Å².